The summed E-state index contributed by atoms with van der Waals surface area (Å²) in [5.41, 5.74) is 1.57. The summed E-state index contributed by atoms with van der Waals surface area (Å²) >= 11 is 7.30. The molecule has 4 N–H and O–H groups in total. The minimum absolute atomic E-state index is 0.0670. The number of ether oxygens (including phenoxy) is 2. The number of hydrogen-bond acceptors (Lipinski definition) is 10. The van der Waals surface area contributed by atoms with Gasteiger partial charge in [-0.2, -0.15) is 5.10 Å². The molecule has 0 spiro atoms. The Morgan fingerprint density at radius 1 is 1.07 bits per heavy atom. The van der Waals surface area contributed by atoms with Crippen LogP contribution in [0.4, 0.5) is 0 Å². The number of thioether (sulfide) groups is 1. The fourth-order valence-corrected chi connectivity index (χ4v) is 5.97. The maximum atomic E-state index is 13.5. The molecule has 1 aromatic heterocycles. The Morgan fingerprint density at radius 2 is 1.80 bits per heavy atom. The van der Waals surface area contributed by atoms with Gasteiger partial charge in [0, 0.05) is 55.9 Å². The van der Waals surface area contributed by atoms with Crippen LogP contribution >= 0.6 is 23.4 Å². The van der Waals surface area contributed by atoms with Crippen LogP contribution in [0.1, 0.15) is 78.5 Å². The molecule has 3 amide bonds. The molecule has 0 unspecified atom stereocenters. The Labute approximate surface area is 328 Å². The highest BCUT2D eigenvalue weighted by atomic mass is 35.5. The molecule has 298 valence electrons. The van der Waals surface area contributed by atoms with Crippen molar-refractivity contribution in [1.82, 2.24) is 25.7 Å². The lowest BCUT2D eigenvalue weighted by Gasteiger charge is -2.22. The highest BCUT2D eigenvalue weighted by Crippen LogP contribution is 2.25. The second-order valence-corrected chi connectivity index (χ2v) is 15.4. The lowest BCUT2D eigenvalue weighted by Crippen LogP contribution is -2.49. The van der Waals surface area contributed by atoms with E-state index in [1.54, 1.807) is 37.4 Å². The van der Waals surface area contributed by atoms with Gasteiger partial charge in [0.1, 0.15) is 11.8 Å². The van der Waals surface area contributed by atoms with Crippen LogP contribution in [0.25, 0.3) is 6.08 Å². The lowest BCUT2D eigenvalue weighted by molar-refractivity contribution is -0.157. The molecule has 0 aliphatic carbocycles. The Hall–Kier alpha value is -4.14. The highest BCUT2D eigenvalue weighted by Gasteiger charge is 2.28. The summed E-state index contributed by atoms with van der Waals surface area (Å²) in [5.74, 6) is -2.12. The highest BCUT2D eigenvalue weighted by molar-refractivity contribution is 8.13. The van der Waals surface area contributed by atoms with Crippen molar-refractivity contribution < 1.29 is 38.6 Å². The molecular formula is C39H56ClN5O8S. The zero-order valence-electron chi connectivity index (χ0n) is 32.5. The van der Waals surface area contributed by atoms with E-state index in [1.165, 1.54) is 20.1 Å². The SMILES string of the molecule is COc1ccc(C[C@@H](NC(=O)/C=C/C[C@H](O)[C@H](C)/C=C/c2cnn(C(C)C)c2)C(=O)NC[C@@H](C)C(=O)O[C@@H](CC(C)C)C(=O)SCCNC(C)=O)cc1Cl. The van der Waals surface area contributed by atoms with E-state index >= 15 is 0 Å². The summed E-state index contributed by atoms with van der Waals surface area (Å²) in [6.07, 6.45) is 9.13. The van der Waals surface area contributed by atoms with Crippen molar-refractivity contribution in [3.8, 4) is 5.75 Å². The first-order chi connectivity index (χ1) is 25.5. The van der Waals surface area contributed by atoms with Crippen molar-refractivity contribution in [2.45, 2.75) is 92.0 Å². The van der Waals surface area contributed by atoms with Gasteiger partial charge < -0.3 is 30.5 Å². The number of nitrogens with zero attached hydrogens (tertiary/aromatic N) is 2. The first-order valence-electron chi connectivity index (χ1n) is 18.1. The number of hydrogen-bond donors (Lipinski definition) is 4. The number of aromatic nitrogens is 2. The molecule has 54 heavy (non-hydrogen) atoms. The summed E-state index contributed by atoms with van der Waals surface area (Å²) in [7, 11) is 1.49. The third-order valence-electron chi connectivity index (χ3n) is 8.20. The molecule has 0 saturated carbocycles. The topological polar surface area (TPSA) is 178 Å². The van der Waals surface area contributed by atoms with Gasteiger partial charge in [-0.15, -0.1) is 0 Å². The predicted octanol–water partition coefficient (Wildman–Crippen LogP) is 4.92. The van der Waals surface area contributed by atoms with Gasteiger partial charge in [-0.1, -0.05) is 75.4 Å². The van der Waals surface area contributed by atoms with Gasteiger partial charge in [-0.25, -0.2) is 0 Å². The average molecular weight is 790 g/mol. The van der Waals surface area contributed by atoms with Crippen LogP contribution in [0.2, 0.25) is 5.02 Å². The summed E-state index contributed by atoms with van der Waals surface area (Å²) in [6.45, 7) is 12.9. The lowest BCUT2D eigenvalue weighted by atomic mass is 10.0. The Bertz CT molecular complexity index is 1610. The molecule has 5 atom stereocenters. The normalized spacial score (nSPS) is 14.4. The van der Waals surface area contributed by atoms with Crippen molar-refractivity contribution in [2.75, 3.05) is 26.0 Å². The van der Waals surface area contributed by atoms with Gasteiger partial charge in [0.25, 0.3) is 0 Å². The fraction of sp³-hybridized carbons (Fsp3) is 0.538. The first-order valence-corrected chi connectivity index (χ1v) is 19.5. The van der Waals surface area contributed by atoms with Gasteiger partial charge in [0.15, 0.2) is 6.10 Å². The Kier molecular flexibility index (Phi) is 20.1. The summed E-state index contributed by atoms with van der Waals surface area (Å²) < 4.78 is 12.7. The molecule has 2 aromatic rings. The van der Waals surface area contributed by atoms with Gasteiger partial charge in [0.05, 0.1) is 30.4 Å². The van der Waals surface area contributed by atoms with Crippen LogP contribution in [0.3, 0.4) is 0 Å². The van der Waals surface area contributed by atoms with Crippen molar-refractivity contribution in [3.05, 3.63) is 65.0 Å². The van der Waals surface area contributed by atoms with E-state index < -0.39 is 42.0 Å². The van der Waals surface area contributed by atoms with Crippen LogP contribution in [0, 0.1) is 17.8 Å². The van der Waals surface area contributed by atoms with E-state index in [0.717, 1.165) is 17.3 Å². The molecule has 1 aromatic carbocycles. The molecular weight excluding hydrogens is 734 g/mol. The van der Waals surface area contributed by atoms with Crippen molar-refractivity contribution in [3.63, 3.8) is 0 Å². The number of methoxy groups -OCH3 is 1. The third-order valence-corrected chi connectivity index (χ3v) is 9.45. The molecule has 15 heteroatoms. The van der Waals surface area contributed by atoms with Gasteiger partial charge in [-0.3, -0.25) is 28.7 Å². The number of nitrogens with one attached hydrogen (secondary N) is 3. The maximum Gasteiger partial charge on any atom is 0.311 e. The van der Waals surface area contributed by atoms with Crippen LogP contribution in [0.15, 0.2) is 48.8 Å². The predicted molar refractivity (Wildman–Crippen MR) is 212 cm³/mol. The molecule has 0 fully saturated rings. The number of esters is 1. The summed E-state index contributed by atoms with van der Waals surface area (Å²) in [6, 6.07) is 4.22. The quantitative estimate of drug-likeness (QED) is 0.0728. The number of halogens is 1. The Morgan fingerprint density at radius 3 is 2.41 bits per heavy atom. The number of rotatable bonds is 22. The van der Waals surface area contributed by atoms with Crippen LogP contribution in [-0.2, 0) is 35.1 Å². The third kappa shape index (κ3) is 16.9. The minimum atomic E-state index is -1.05. The molecule has 2 rings (SSSR count). The molecule has 0 radical (unpaired) electrons. The maximum absolute atomic E-state index is 13.5. The van der Waals surface area contributed by atoms with E-state index in [4.69, 9.17) is 21.1 Å². The number of carbonyl (C=O) groups is 5. The zero-order chi connectivity index (χ0) is 40.4. The molecule has 0 bridgehead atoms. The van der Waals surface area contributed by atoms with Crippen molar-refractivity contribution in [1.29, 1.82) is 0 Å². The smallest absolute Gasteiger partial charge is 0.311 e. The van der Waals surface area contributed by atoms with Crippen LogP contribution in [-0.4, -0.2) is 87.9 Å². The fourth-order valence-electron chi connectivity index (χ4n) is 4.95. The second kappa shape index (κ2) is 23.6. The average Bonchev–Trinajstić information content (AvgIpc) is 3.60. The standard InChI is InChI=1S/C39H56ClN5O8S/c1-24(2)18-35(39(51)54-17-16-41-28(7)46)53-38(50)27(6)21-42-37(49)32(20-29-14-15-34(52-8)31(40)19-29)44-36(48)11-9-10-33(47)26(5)12-13-30-22-43-45(23-30)25(3)4/h9,11-15,19,22-27,32-33,35,47H,10,16-18,20-21H2,1-8H3,(H,41,46)(H,42,49)(H,44,48)/b11-9+,13-12+/t26-,27-,32-,33+,35+/m1/s1. The monoisotopic (exact) mass is 789 g/mol. The zero-order valence-corrected chi connectivity index (χ0v) is 34.0. The minimum Gasteiger partial charge on any atom is -0.495 e. The van der Waals surface area contributed by atoms with Crippen LogP contribution in [0.5, 0.6) is 5.75 Å². The second-order valence-electron chi connectivity index (χ2n) is 13.9. The molecule has 0 aliphatic rings. The van der Waals surface area contributed by atoms with Crippen LogP contribution < -0.4 is 20.7 Å². The van der Waals surface area contributed by atoms with Gasteiger partial charge in [0.2, 0.25) is 22.8 Å². The summed E-state index contributed by atoms with van der Waals surface area (Å²) in [5, 5.41) is 23.1. The number of aliphatic hydroxyl groups is 1. The molecule has 0 aliphatic heterocycles. The van der Waals surface area contributed by atoms with Gasteiger partial charge >= 0.3 is 5.97 Å². The first kappa shape index (κ1) is 46.0. The van der Waals surface area contributed by atoms with E-state index in [1.807, 2.05) is 57.6 Å². The molecule has 0 saturated heterocycles. The largest absolute Gasteiger partial charge is 0.495 e. The summed E-state index contributed by atoms with van der Waals surface area (Å²) in [4.78, 5) is 63.5. The van der Waals surface area contributed by atoms with Gasteiger partial charge in [-0.05, 0) is 56.4 Å². The van der Waals surface area contributed by atoms with E-state index in [-0.39, 0.29) is 48.3 Å². The number of aliphatic hydroxyl groups excluding tert-OH is 1. The Balaban J connectivity index is 2.06. The van der Waals surface area contributed by atoms with E-state index in [9.17, 15) is 29.1 Å². The number of amides is 3. The molecule has 13 nitrogen and oxygen atoms in total. The number of carbonyl (C=O) groups excluding carboxylic acids is 5. The number of benzene rings is 1. The van der Waals surface area contributed by atoms with Crippen molar-refractivity contribution >= 4 is 58.2 Å². The van der Waals surface area contributed by atoms with Crippen molar-refractivity contribution in [2.24, 2.45) is 17.8 Å². The van der Waals surface area contributed by atoms with E-state index in [0.29, 0.717) is 35.1 Å². The van der Waals surface area contributed by atoms with E-state index in [2.05, 4.69) is 21.0 Å². The molecule has 1 heterocycles.